The van der Waals surface area contributed by atoms with Gasteiger partial charge in [0.1, 0.15) is 0 Å². The third-order valence-corrected chi connectivity index (χ3v) is 5.88. The van der Waals surface area contributed by atoms with E-state index in [0.29, 0.717) is 17.7 Å². The number of hydrogen-bond donors (Lipinski definition) is 2. The highest BCUT2D eigenvalue weighted by atomic mass is 35.5. The molecule has 122 valence electrons. The Hall–Kier alpha value is -0.870. The summed E-state index contributed by atoms with van der Waals surface area (Å²) in [7, 11) is 0. The SMILES string of the molecule is CC(=O)NCCSC(c1cc(Cl)ccc1N)C1CCCCC1. The molecule has 3 N–H and O–H groups in total. The predicted molar refractivity (Wildman–Crippen MR) is 96.3 cm³/mol. The zero-order valence-corrected chi connectivity index (χ0v) is 14.7. The van der Waals surface area contributed by atoms with Crippen LogP contribution in [-0.2, 0) is 4.79 Å². The summed E-state index contributed by atoms with van der Waals surface area (Å²) in [4.78, 5) is 11.0. The normalized spacial score (nSPS) is 17.2. The second-order valence-corrected chi connectivity index (χ2v) is 7.63. The van der Waals surface area contributed by atoms with E-state index in [2.05, 4.69) is 5.32 Å². The maximum Gasteiger partial charge on any atom is 0.216 e. The number of hydrogen-bond acceptors (Lipinski definition) is 3. The standard InChI is InChI=1S/C17H25ClN2OS/c1-12(21)20-9-10-22-17(13-5-3-2-4-6-13)15-11-14(18)7-8-16(15)19/h7-8,11,13,17H,2-6,9-10,19H2,1H3,(H,20,21). The summed E-state index contributed by atoms with van der Waals surface area (Å²) in [5, 5.41) is 3.98. The Balaban J connectivity index is 2.09. The predicted octanol–water partition coefficient (Wildman–Crippen LogP) is 4.41. The fourth-order valence-corrected chi connectivity index (χ4v) is 4.70. The fourth-order valence-electron chi connectivity index (χ4n) is 3.12. The number of anilines is 1. The summed E-state index contributed by atoms with van der Waals surface area (Å²) in [6, 6.07) is 5.77. The number of nitrogens with two attached hydrogens (primary N) is 1. The van der Waals surface area contributed by atoms with Crippen LogP contribution < -0.4 is 11.1 Å². The van der Waals surface area contributed by atoms with Crippen LogP contribution in [0.3, 0.4) is 0 Å². The van der Waals surface area contributed by atoms with Crippen molar-refractivity contribution in [2.24, 2.45) is 5.92 Å². The van der Waals surface area contributed by atoms with Crippen molar-refractivity contribution in [2.45, 2.75) is 44.3 Å². The van der Waals surface area contributed by atoms with Crippen LogP contribution in [0.1, 0.15) is 49.8 Å². The van der Waals surface area contributed by atoms with Crippen LogP contribution in [0, 0.1) is 5.92 Å². The molecule has 0 aromatic heterocycles. The minimum absolute atomic E-state index is 0.0251. The van der Waals surface area contributed by atoms with Gasteiger partial charge in [0.05, 0.1) is 0 Å². The number of nitrogens with one attached hydrogen (secondary N) is 1. The monoisotopic (exact) mass is 340 g/mol. The minimum atomic E-state index is 0.0251. The number of thioether (sulfide) groups is 1. The molecule has 1 aromatic carbocycles. The first-order chi connectivity index (χ1) is 10.6. The molecule has 3 nitrogen and oxygen atoms in total. The lowest BCUT2D eigenvalue weighted by atomic mass is 9.84. The molecule has 1 aliphatic rings. The molecular weight excluding hydrogens is 316 g/mol. The van der Waals surface area contributed by atoms with Crippen LogP contribution in [0.15, 0.2) is 18.2 Å². The Labute approximate surface area is 142 Å². The van der Waals surface area contributed by atoms with Crippen LogP contribution in [-0.4, -0.2) is 18.2 Å². The van der Waals surface area contributed by atoms with Crippen LogP contribution in [0.5, 0.6) is 0 Å². The lowest BCUT2D eigenvalue weighted by Crippen LogP contribution is -2.23. The summed E-state index contributed by atoms with van der Waals surface area (Å²) >= 11 is 8.07. The number of halogens is 1. The van der Waals surface area contributed by atoms with Gasteiger partial charge in [-0.3, -0.25) is 4.79 Å². The van der Waals surface area contributed by atoms with Crippen LogP contribution in [0.2, 0.25) is 5.02 Å². The van der Waals surface area contributed by atoms with E-state index < -0.39 is 0 Å². The van der Waals surface area contributed by atoms with E-state index in [-0.39, 0.29) is 5.91 Å². The van der Waals surface area contributed by atoms with Crippen molar-refractivity contribution in [3.8, 4) is 0 Å². The Bertz CT molecular complexity index is 503. The van der Waals surface area contributed by atoms with Crippen molar-refractivity contribution in [2.75, 3.05) is 18.0 Å². The lowest BCUT2D eigenvalue weighted by molar-refractivity contribution is -0.118. The maximum atomic E-state index is 11.0. The Morgan fingerprint density at radius 1 is 1.41 bits per heavy atom. The van der Waals surface area contributed by atoms with Gasteiger partial charge in [-0.25, -0.2) is 0 Å². The summed E-state index contributed by atoms with van der Waals surface area (Å²) in [5.74, 6) is 1.57. The third-order valence-electron chi connectivity index (χ3n) is 4.21. The molecule has 1 saturated carbocycles. The quantitative estimate of drug-likeness (QED) is 0.595. The molecule has 1 unspecified atom stereocenters. The highest BCUT2D eigenvalue weighted by molar-refractivity contribution is 7.99. The number of amides is 1. The van der Waals surface area contributed by atoms with E-state index in [1.807, 2.05) is 30.0 Å². The van der Waals surface area contributed by atoms with Crippen LogP contribution in [0.25, 0.3) is 0 Å². The lowest BCUT2D eigenvalue weighted by Gasteiger charge is -2.31. The first-order valence-electron chi connectivity index (χ1n) is 7.99. The van der Waals surface area contributed by atoms with Gasteiger partial charge in [0.2, 0.25) is 5.91 Å². The third kappa shape index (κ3) is 5.10. The number of carbonyl (C=O) groups excluding carboxylic acids is 1. The molecule has 0 spiro atoms. The van der Waals surface area contributed by atoms with E-state index in [1.165, 1.54) is 32.1 Å². The van der Waals surface area contributed by atoms with Gasteiger partial charge >= 0.3 is 0 Å². The van der Waals surface area contributed by atoms with Gasteiger partial charge in [0, 0.05) is 35.2 Å². The molecule has 0 aliphatic heterocycles. The van der Waals surface area contributed by atoms with Crippen molar-refractivity contribution >= 4 is 35.0 Å². The molecule has 0 saturated heterocycles. The molecule has 1 aromatic rings. The van der Waals surface area contributed by atoms with Crippen molar-refractivity contribution in [1.29, 1.82) is 0 Å². The summed E-state index contributed by atoms with van der Waals surface area (Å²) in [6.45, 7) is 2.25. The van der Waals surface area contributed by atoms with E-state index >= 15 is 0 Å². The molecular formula is C17H25ClN2OS. The number of benzene rings is 1. The minimum Gasteiger partial charge on any atom is -0.398 e. The summed E-state index contributed by atoms with van der Waals surface area (Å²) < 4.78 is 0. The smallest absolute Gasteiger partial charge is 0.216 e. The van der Waals surface area contributed by atoms with Gasteiger partial charge in [-0.15, -0.1) is 0 Å². The maximum absolute atomic E-state index is 11.0. The molecule has 5 heteroatoms. The second-order valence-electron chi connectivity index (χ2n) is 5.95. The largest absolute Gasteiger partial charge is 0.398 e. The molecule has 1 atom stereocenters. The molecule has 0 radical (unpaired) electrons. The van der Waals surface area contributed by atoms with Crippen LogP contribution >= 0.6 is 23.4 Å². The van der Waals surface area contributed by atoms with Crippen LogP contribution in [0.4, 0.5) is 5.69 Å². The average Bonchev–Trinajstić information content (AvgIpc) is 2.51. The Kier molecular flexibility index (Phi) is 6.90. The van der Waals surface area contributed by atoms with Crippen molar-refractivity contribution in [3.63, 3.8) is 0 Å². The first kappa shape index (κ1) is 17.5. The van der Waals surface area contributed by atoms with Gasteiger partial charge in [-0.1, -0.05) is 30.9 Å². The molecule has 0 heterocycles. The van der Waals surface area contributed by atoms with E-state index in [0.717, 1.165) is 22.0 Å². The van der Waals surface area contributed by atoms with Gasteiger partial charge in [-0.2, -0.15) is 11.8 Å². The zero-order valence-electron chi connectivity index (χ0n) is 13.1. The van der Waals surface area contributed by atoms with Crippen molar-refractivity contribution < 1.29 is 4.79 Å². The average molecular weight is 341 g/mol. The molecule has 1 aliphatic carbocycles. The number of carbonyl (C=O) groups is 1. The molecule has 1 amide bonds. The Morgan fingerprint density at radius 2 is 2.14 bits per heavy atom. The summed E-state index contributed by atoms with van der Waals surface area (Å²) in [5.41, 5.74) is 8.19. The van der Waals surface area contributed by atoms with Gasteiger partial charge in [0.25, 0.3) is 0 Å². The van der Waals surface area contributed by atoms with E-state index in [4.69, 9.17) is 17.3 Å². The van der Waals surface area contributed by atoms with Gasteiger partial charge in [0.15, 0.2) is 0 Å². The first-order valence-corrected chi connectivity index (χ1v) is 9.41. The molecule has 22 heavy (non-hydrogen) atoms. The number of nitrogen functional groups attached to an aromatic ring is 1. The number of rotatable bonds is 6. The zero-order chi connectivity index (χ0) is 15.9. The van der Waals surface area contributed by atoms with Gasteiger partial charge < -0.3 is 11.1 Å². The molecule has 0 bridgehead atoms. The Morgan fingerprint density at radius 3 is 2.82 bits per heavy atom. The highest BCUT2D eigenvalue weighted by Crippen LogP contribution is 2.45. The van der Waals surface area contributed by atoms with E-state index in [9.17, 15) is 4.79 Å². The van der Waals surface area contributed by atoms with Gasteiger partial charge in [-0.05, 0) is 42.5 Å². The summed E-state index contributed by atoms with van der Waals surface area (Å²) in [6.07, 6.45) is 6.44. The fraction of sp³-hybridized carbons (Fsp3) is 0.588. The van der Waals surface area contributed by atoms with Crippen molar-refractivity contribution in [3.05, 3.63) is 28.8 Å². The van der Waals surface area contributed by atoms with Crippen molar-refractivity contribution in [1.82, 2.24) is 5.32 Å². The highest BCUT2D eigenvalue weighted by Gasteiger charge is 2.27. The topological polar surface area (TPSA) is 55.1 Å². The molecule has 1 fully saturated rings. The molecule has 2 rings (SSSR count). The van der Waals surface area contributed by atoms with E-state index in [1.54, 1.807) is 6.92 Å². The second kappa shape index (κ2) is 8.68.